The SMILES string of the molecule is CCC(=N)N(C)CCCOCc1ccccc1. The van der Waals surface area contributed by atoms with Crippen LogP contribution in [0.1, 0.15) is 25.3 Å². The highest BCUT2D eigenvalue weighted by Crippen LogP contribution is 2.01. The molecule has 0 bridgehead atoms. The predicted octanol–water partition coefficient (Wildman–Crippen LogP) is 2.91. The molecule has 0 amide bonds. The Morgan fingerprint density at radius 1 is 1.29 bits per heavy atom. The number of hydrogen-bond acceptors (Lipinski definition) is 2. The largest absolute Gasteiger partial charge is 0.377 e. The van der Waals surface area contributed by atoms with Gasteiger partial charge in [-0.2, -0.15) is 0 Å². The summed E-state index contributed by atoms with van der Waals surface area (Å²) < 4.78 is 5.59. The van der Waals surface area contributed by atoms with Gasteiger partial charge in [0.25, 0.3) is 0 Å². The van der Waals surface area contributed by atoms with Crippen LogP contribution in [0.15, 0.2) is 30.3 Å². The molecular formula is C14H22N2O. The molecule has 0 heterocycles. The van der Waals surface area contributed by atoms with Crippen molar-refractivity contribution >= 4 is 5.84 Å². The van der Waals surface area contributed by atoms with Gasteiger partial charge in [0.05, 0.1) is 12.4 Å². The second-order valence-electron chi connectivity index (χ2n) is 4.11. The lowest BCUT2D eigenvalue weighted by Gasteiger charge is -2.18. The van der Waals surface area contributed by atoms with Gasteiger partial charge in [0.2, 0.25) is 0 Å². The Kier molecular flexibility index (Phi) is 6.33. The molecular weight excluding hydrogens is 212 g/mol. The zero-order valence-corrected chi connectivity index (χ0v) is 10.8. The Labute approximate surface area is 104 Å². The van der Waals surface area contributed by atoms with Crippen LogP contribution in [-0.2, 0) is 11.3 Å². The van der Waals surface area contributed by atoms with Crippen molar-refractivity contribution in [2.75, 3.05) is 20.2 Å². The number of nitrogens with zero attached hydrogens (tertiary/aromatic N) is 1. The first kappa shape index (κ1) is 13.7. The van der Waals surface area contributed by atoms with Crippen molar-refractivity contribution in [1.29, 1.82) is 5.41 Å². The molecule has 94 valence electrons. The van der Waals surface area contributed by atoms with Gasteiger partial charge in [0, 0.05) is 26.6 Å². The molecule has 0 saturated heterocycles. The molecule has 0 unspecified atom stereocenters. The third-order valence-corrected chi connectivity index (χ3v) is 2.69. The highest BCUT2D eigenvalue weighted by Gasteiger charge is 2.00. The van der Waals surface area contributed by atoms with E-state index in [1.54, 1.807) is 0 Å². The number of hydrogen-bond donors (Lipinski definition) is 1. The molecule has 0 aliphatic heterocycles. The molecule has 17 heavy (non-hydrogen) atoms. The summed E-state index contributed by atoms with van der Waals surface area (Å²) in [5.41, 5.74) is 1.21. The van der Waals surface area contributed by atoms with Gasteiger partial charge in [0.15, 0.2) is 0 Å². The van der Waals surface area contributed by atoms with Gasteiger partial charge in [-0.25, -0.2) is 0 Å². The summed E-state index contributed by atoms with van der Waals surface area (Å²) in [5.74, 6) is 0.688. The molecule has 0 aliphatic carbocycles. The minimum atomic E-state index is 0.676. The topological polar surface area (TPSA) is 36.3 Å². The van der Waals surface area contributed by atoms with Crippen LogP contribution in [0.3, 0.4) is 0 Å². The molecule has 1 rings (SSSR count). The van der Waals surface area contributed by atoms with E-state index in [9.17, 15) is 0 Å². The molecule has 1 aromatic rings. The molecule has 1 aromatic carbocycles. The van der Waals surface area contributed by atoms with Gasteiger partial charge in [-0.05, 0) is 12.0 Å². The van der Waals surface area contributed by atoms with Gasteiger partial charge in [-0.15, -0.1) is 0 Å². The fourth-order valence-corrected chi connectivity index (χ4v) is 1.57. The van der Waals surface area contributed by atoms with E-state index in [0.717, 1.165) is 26.0 Å². The van der Waals surface area contributed by atoms with Crippen LogP contribution in [0.4, 0.5) is 0 Å². The molecule has 0 saturated carbocycles. The molecule has 0 fully saturated rings. The maximum absolute atomic E-state index is 7.64. The summed E-state index contributed by atoms with van der Waals surface area (Å²) in [5, 5.41) is 7.64. The maximum atomic E-state index is 7.64. The van der Waals surface area contributed by atoms with Crippen LogP contribution >= 0.6 is 0 Å². The second-order valence-corrected chi connectivity index (χ2v) is 4.11. The van der Waals surface area contributed by atoms with Crippen molar-refractivity contribution in [3.8, 4) is 0 Å². The molecule has 3 heteroatoms. The highest BCUT2D eigenvalue weighted by atomic mass is 16.5. The average molecular weight is 234 g/mol. The summed E-state index contributed by atoms with van der Waals surface area (Å²) >= 11 is 0. The first-order valence-electron chi connectivity index (χ1n) is 6.14. The van der Waals surface area contributed by atoms with Crippen LogP contribution in [-0.4, -0.2) is 30.9 Å². The Bertz CT molecular complexity index is 324. The normalized spacial score (nSPS) is 10.2. The number of nitrogens with one attached hydrogen (secondary N) is 1. The van der Waals surface area contributed by atoms with Crippen molar-refractivity contribution < 1.29 is 4.74 Å². The lowest BCUT2D eigenvalue weighted by molar-refractivity contribution is 0.115. The van der Waals surface area contributed by atoms with E-state index in [1.165, 1.54) is 5.56 Å². The van der Waals surface area contributed by atoms with Crippen LogP contribution in [0.25, 0.3) is 0 Å². The minimum Gasteiger partial charge on any atom is -0.377 e. The van der Waals surface area contributed by atoms with Crippen molar-refractivity contribution in [2.24, 2.45) is 0 Å². The fraction of sp³-hybridized carbons (Fsp3) is 0.500. The summed E-state index contributed by atoms with van der Waals surface area (Å²) in [4.78, 5) is 1.98. The first-order valence-corrected chi connectivity index (χ1v) is 6.14. The zero-order chi connectivity index (χ0) is 12.5. The first-order chi connectivity index (χ1) is 8.24. The van der Waals surface area contributed by atoms with Gasteiger partial charge < -0.3 is 9.64 Å². The average Bonchev–Trinajstić information content (AvgIpc) is 2.38. The molecule has 0 radical (unpaired) electrons. The smallest absolute Gasteiger partial charge is 0.0952 e. The van der Waals surface area contributed by atoms with E-state index in [4.69, 9.17) is 10.1 Å². The van der Waals surface area contributed by atoms with Crippen molar-refractivity contribution in [3.63, 3.8) is 0 Å². The second kappa shape index (κ2) is 7.85. The van der Waals surface area contributed by atoms with Gasteiger partial charge in [-0.1, -0.05) is 37.3 Å². The van der Waals surface area contributed by atoms with Crippen LogP contribution in [0, 0.1) is 5.41 Å². The van der Waals surface area contributed by atoms with Crippen LogP contribution in [0.2, 0.25) is 0 Å². The Morgan fingerprint density at radius 3 is 2.65 bits per heavy atom. The summed E-state index contributed by atoms with van der Waals surface area (Å²) in [6.45, 7) is 4.32. The third-order valence-electron chi connectivity index (χ3n) is 2.69. The molecule has 0 atom stereocenters. The highest BCUT2D eigenvalue weighted by molar-refractivity contribution is 5.78. The quantitative estimate of drug-likeness (QED) is 0.447. The Balaban J connectivity index is 2.07. The number of amidine groups is 1. The van der Waals surface area contributed by atoms with Gasteiger partial charge in [0.1, 0.15) is 0 Å². The number of rotatable bonds is 7. The lowest BCUT2D eigenvalue weighted by atomic mass is 10.2. The lowest BCUT2D eigenvalue weighted by Crippen LogP contribution is -2.26. The number of benzene rings is 1. The van der Waals surface area contributed by atoms with E-state index >= 15 is 0 Å². The summed E-state index contributed by atoms with van der Waals surface area (Å²) in [6.07, 6.45) is 1.76. The van der Waals surface area contributed by atoms with Crippen LogP contribution < -0.4 is 0 Å². The van der Waals surface area contributed by atoms with E-state index < -0.39 is 0 Å². The van der Waals surface area contributed by atoms with Crippen molar-refractivity contribution in [2.45, 2.75) is 26.4 Å². The zero-order valence-electron chi connectivity index (χ0n) is 10.8. The van der Waals surface area contributed by atoms with E-state index in [1.807, 2.05) is 37.1 Å². The fourth-order valence-electron chi connectivity index (χ4n) is 1.57. The molecule has 0 spiro atoms. The monoisotopic (exact) mass is 234 g/mol. The predicted molar refractivity (Wildman–Crippen MR) is 71.4 cm³/mol. The molecule has 0 aromatic heterocycles. The summed E-state index contributed by atoms with van der Waals surface area (Å²) in [7, 11) is 1.96. The molecule has 1 N–H and O–H groups in total. The van der Waals surface area contributed by atoms with Crippen molar-refractivity contribution in [3.05, 3.63) is 35.9 Å². The van der Waals surface area contributed by atoms with Crippen LogP contribution in [0.5, 0.6) is 0 Å². The minimum absolute atomic E-state index is 0.676. The van der Waals surface area contributed by atoms with Gasteiger partial charge >= 0.3 is 0 Å². The molecule has 0 aliphatic rings. The Morgan fingerprint density at radius 2 is 2.00 bits per heavy atom. The van der Waals surface area contributed by atoms with Crippen molar-refractivity contribution in [1.82, 2.24) is 4.90 Å². The molecule has 3 nitrogen and oxygen atoms in total. The third kappa shape index (κ3) is 5.50. The van der Waals surface area contributed by atoms with E-state index in [0.29, 0.717) is 12.4 Å². The summed E-state index contributed by atoms with van der Waals surface area (Å²) in [6, 6.07) is 10.2. The maximum Gasteiger partial charge on any atom is 0.0952 e. The van der Waals surface area contributed by atoms with Gasteiger partial charge in [-0.3, -0.25) is 5.41 Å². The van der Waals surface area contributed by atoms with E-state index in [-0.39, 0.29) is 0 Å². The standard InChI is InChI=1S/C14H22N2O/c1-3-14(15)16(2)10-7-11-17-12-13-8-5-4-6-9-13/h4-6,8-9,15H,3,7,10-12H2,1-2H3. The Hall–Kier alpha value is -1.35. The van der Waals surface area contributed by atoms with E-state index in [2.05, 4.69) is 12.1 Å². The number of ether oxygens (including phenoxy) is 1.